The van der Waals surface area contributed by atoms with Crippen molar-refractivity contribution in [3.63, 3.8) is 0 Å². The number of amides is 1. The number of carbonyl (C=O) groups excluding carboxylic acids is 1. The minimum atomic E-state index is -3.90. The molecule has 0 saturated heterocycles. The van der Waals surface area contributed by atoms with Gasteiger partial charge in [-0.3, -0.25) is 10.2 Å². The van der Waals surface area contributed by atoms with E-state index >= 15 is 0 Å². The molecule has 3 aromatic carbocycles. The number of sulfonamides is 1. The predicted molar refractivity (Wildman–Crippen MR) is 139 cm³/mol. The molecule has 5 aromatic rings. The third-order valence-electron chi connectivity index (χ3n) is 5.24. The number of nitrogens with zero attached hydrogens (tertiary/aromatic N) is 4. The van der Waals surface area contributed by atoms with Crippen LogP contribution in [0.25, 0.3) is 17.2 Å². The summed E-state index contributed by atoms with van der Waals surface area (Å²) in [6.07, 6.45) is 1.67. The first-order valence-electron chi connectivity index (χ1n) is 11.2. The lowest BCUT2D eigenvalue weighted by molar-refractivity contribution is 0.0945. The number of hydrogen-bond donors (Lipinski definition) is 3. The number of rotatable bonds is 8. The highest BCUT2D eigenvalue weighted by Gasteiger charge is 2.17. The Hall–Kier alpha value is -4.87. The minimum absolute atomic E-state index is 0.0366. The quantitative estimate of drug-likeness (QED) is 0.271. The van der Waals surface area contributed by atoms with Crippen LogP contribution in [0.4, 0.5) is 11.6 Å². The zero-order valence-electron chi connectivity index (χ0n) is 19.3. The Bertz CT molecular complexity index is 1570. The van der Waals surface area contributed by atoms with Gasteiger partial charge in [-0.1, -0.05) is 60.7 Å². The molecular weight excluding hydrogens is 490 g/mol. The smallest absolute Gasteiger partial charge is 0.266 e. The van der Waals surface area contributed by atoms with Gasteiger partial charge in [0.25, 0.3) is 15.9 Å². The van der Waals surface area contributed by atoms with Crippen molar-refractivity contribution in [1.82, 2.24) is 30.0 Å². The van der Waals surface area contributed by atoms with E-state index in [1.807, 2.05) is 48.5 Å². The molecule has 3 N–H and O–H groups in total. The molecular formula is C26H21N7O3S. The molecule has 2 aromatic heterocycles. The highest BCUT2D eigenvalue weighted by molar-refractivity contribution is 7.89. The molecule has 2 heterocycles. The van der Waals surface area contributed by atoms with Crippen molar-refractivity contribution in [2.24, 2.45) is 0 Å². The summed E-state index contributed by atoms with van der Waals surface area (Å²) in [6, 6.07) is 29.4. The van der Waals surface area contributed by atoms with Crippen LogP contribution in [0, 0.1) is 0 Å². The van der Waals surface area contributed by atoms with Crippen LogP contribution in [0.5, 0.6) is 0 Å². The van der Waals surface area contributed by atoms with E-state index in [4.69, 9.17) is 0 Å². The third-order valence-corrected chi connectivity index (χ3v) is 6.50. The van der Waals surface area contributed by atoms with Gasteiger partial charge in [0.15, 0.2) is 11.6 Å². The summed E-state index contributed by atoms with van der Waals surface area (Å²) in [5, 5.41) is 7.68. The lowest BCUT2D eigenvalue weighted by Gasteiger charge is -2.09. The summed E-state index contributed by atoms with van der Waals surface area (Å²) in [4.78, 5) is 23.8. The maximum atomic E-state index is 12.6. The molecule has 0 aliphatic heterocycles. The number of pyridine rings is 1. The number of anilines is 2. The van der Waals surface area contributed by atoms with Crippen molar-refractivity contribution in [2.75, 3.05) is 5.32 Å². The van der Waals surface area contributed by atoms with Crippen LogP contribution in [-0.2, 0) is 10.0 Å². The lowest BCUT2D eigenvalue weighted by atomic mass is 10.2. The zero-order chi connectivity index (χ0) is 25.7. The second kappa shape index (κ2) is 10.4. The Kier molecular flexibility index (Phi) is 6.70. The van der Waals surface area contributed by atoms with Gasteiger partial charge in [0, 0.05) is 23.0 Å². The Morgan fingerprint density at radius 3 is 2.27 bits per heavy atom. The first-order chi connectivity index (χ1) is 18.0. The minimum Gasteiger partial charge on any atom is -0.323 e. The SMILES string of the molecule is O=C(NNS(=O)(=O)c1ccccc1)c1cccc(Nc2nc(-c3ccccc3)n(-c3ccccn3)n2)c1. The normalized spacial score (nSPS) is 11.1. The van der Waals surface area contributed by atoms with E-state index in [1.54, 1.807) is 53.3 Å². The van der Waals surface area contributed by atoms with Gasteiger partial charge in [0.2, 0.25) is 5.95 Å². The van der Waals surface area contributed by atoms with Crippen molar-refractivity contribution in [3.8, 4) is 17.2 Å². The maximum absolute atomic E-state index is 12.6. The molecule has 1 amide bonds. The first kappa shape index (κ1) is 23.9. The monoisotopic (exact) mass is 511 g/mol. The van der Waals surface area contributed by atoms with Gasteiger partial charge in [0.1, 0.15) is 0 Å². The van der Waals surface area contributed by atoms with Gasteiger partial charge < -0.3 is 5.32 Å². The number of hydrogen-bond acceptors (Lipinski definition) is 7. The Labute approximate surface area is 213 Å². The number of aromatic nitrogens is 4. The molecule has 0 aliphatic rings. The van der Waals surface area contributed by atoms with Gasteiger partial charge in [-0.25, -0.2) is 13.4 Å². The van der Waals surface area contributed by atoms with Crippen molar-refractivity contribution >= 4 is 27.6 Å². The van der Waals surface area contributed by atoms with E-state index in [2.05, 4.69) is 30.6 Å². The van der Waals surface area contributed by atoms with E-state index < -0.39 is 15.9 Å². The Morgan fingerprint density at radius 2 is 1.54 bits per heavy atom. The van der Waals surface area contributed by atoms with E-state index in [9.17, 15) is 13.2 Å². The molecule has 0 spiro atoms. The molecule has 11 heteroatoms. The summed E-state index contributed by atoms with van der Waals surface area (Å²) in [5.41, 5.74) is 3.86. The van der Waals surface area contributed by atoms with Gasteiger partial charge in [-0.05, 0) is 42.5 Å². The van der Waals surface area contributed by atoms with Crippen LogP contribution in [0.2, 0.25) is 0 Å². The van der Waals surface area contributed by atoms with E-state index in [1.165, 1.54) is 12.1 Å². The van der Waals surface area contributed by atoms with Gasteiger partial charge in [0.05, 0.1) is 4.90 Å². The highest BCUT2D eigenvalue weighted by atomic mass is 32.2. The fourth-order valence-corrected chi connectivity index (χ4v) is 4.35. The topological polar surface area (TPSA) is 131 Å². The summed E-state index contributed by atoms with van der Waals surface area (Å²) < 4.78 is 26.4. The summed E-state index contributed by atoms with van der Waals surface area (Å²) in [6.45, 7) is 0. The van der Waals surface area contributed by atoms with Gasteiger partial charge >= 0.3 is 0 Å². The largest absolute Gasteiger partial charge is 0.323 e. The second-order valence-corrected chi connectivity index (χ2v) is 9.49. The number of nitrogens with one attached hydrogen (secondary N) is 3. The summed E-state index contributed by atoms with van der Waals surface area (Å²) in [7, 11) is -3.90. The molecule has 0 atom stereocenters. The number of benzene rings is 3. The molecule has 0 radical (unpaired) electrons. The molecule has 0 fully saturated rings. The van der Waals surface area contributed by atoms with Crippen molar-refractivity contribution in [1.29, 1.82) is 0 Å². The fraction of sp³-hybridized carbons (Fsp3) is 0. The van der Waals surface area contributed by atoms with Crippen molar-refractivity contribution in [2.45, 2.75) is 4.90 Å². The molecule has 0 aliphatic carbocycles. The van der Waals surface area contributed by atoms with Crippen LogP contribution in [0.15, 0.2) is 114 Å². The molecule has 184 valence electrons. The summed E-state index contributed by atoms with van der Waals surface area (Å²) >= 11 is 0. The maximum Gasteiger partial charge on any atom is 0.266 e. The van der Waals surface area contributed by atoms with Crippen LogP contribution in [-0.4, -0.2) is 34.1 Å². The van der Waals surface area contributed by atoms with E-state index in [0.29, 0.717) is 23.3 Å². The average molecular weight is 512 g/mol. The predicted octanol–water partition coefficient (Wildman–Crippen LogP) is 3.70. The average Bonchev–Trinajstić information content (AvgIpc) is 3.37. The molecule has 0 unspecified atom stereocenters. The molecule has 37 heavy (non-hydrogen) atoms. The molecule has 0 bridgehead atoms. The van der Waals surface area contributed by atoms with E-state index in [0.717, 1.165) is 5.56 Å². The van der Waals surface area contributed by atoms with Crippen LogP contribution in [0.3, 0.4) is 0 Å². The number of hydrazine groups is 1. The molecule has 5 rings (SSSR count). The van der Waals surface area contributed by atoms with Crippen LogP contribution >= 0.6 is 0 Å². The second-order valence-electron chi connectivity index (χ2n) is 7.80. The fourth-order valence-electron chi connectivity index (χ4n) is 3.49. The Morgan fingerprint density at radius 1 is 0.811 bits per heavy atom. The Balaban J connectivity index is 1.36. The first-order valence-corrected chi connectivity index (χ1v) is 12.7. The van der Waals surface area contributed by atoms with Gasteiger partial charge in [-0.15, -0.1) is 9.93 Å². The van der Waals surface area contributed by atoms with Crippen LogP contribution in [0.1, 0.15) is 10.4 Å². The van der Waals surface area contributed by atoms with Crippen molar-refractivity contribution in [3.05, 3.63) is 115 Å². The standard InChI is InChI=1S/C26H21N7O3S/c34-25(30-32-37(35,36)22-14-5-2-6-15-22)20-12-9-13-21(18-20)28-26-29-24(19-10-3-1-4-11-19)33(31-26)23-16-7-8-17-27-23/h1-18,32H,(H,28,31)(H,30,34). The number of carbonyl (C=O) groups is 1. The molecule has 0 saturated carbocycles. The summed E-state index contributed by atoms with van der Waals surface area (Å²) in [5.74, 6) is 0.860. The van der Waals surface area contributed by atoms with Gasteiger partial charge in [-0.2, -0.15) is 9.67 Å². The van der Waals surface area contributed by atoms with Crippen LogP contribution < -0.4 is 15.6 Å². The van der Waals surface area contributed by atoms with Crippen molar-refractivity contribution < 1.29 is 13.2 Å². The highest BCUT2D eigenvalue weighted by Crippen LogP contribution is 2.23. The van der Waals surface area contributed by atoms with E-state index in [-0.39, 0.29) is 10.5 Å². The zero-order valence-corrected chi connectivity index (χ0v) is 20.1. The lowest BCUT2D eigenvalue weighted by Crippen LogP contribution is -2.41. The third kappa shape index (κ3) is 5.53. The molecule has 10 nitrogen and oxygen atoms in total.